The molecule has 3 aromatic heterocycles. The van der Waals surface area contributed by atoms with Crippen molar-refractivity contribution in [2.45, 2.75) is 6.54 Å². The summed E-state index contributed by atoms with van der Waals surface area (Å²) in [5.41, 5.74) is 3.13. The second-order valence-corrected chi connectivity index (χ2v) is 7.61. The molecule has 0 atom stereocenters. The number of ether oxygens (including phenoxy) is 2. The van der Waals surface area contributed by atoms with Gasteiger partial charge in [0.2, 0.25) is 0 Å². The zero-order valence-electron chi connectivity index (χ0n) is 17.6. The van der Waals surface area contributed by atoms with Gasteiger partial charge in [-0.15, -0.1) is 0 Å². The summed E-state index contributed by atoms with van der Waals surface area (Å²) in [7, 11) is 4.67. The summed E-state index contributed by atoms with van der Waals surface area (Å²) >= 11 is 6.58. The lowest BCUT2D eigenvalue weighted by Crippen LogP contribution is -2.38. The molecule has 0 spiro atoms. The fourth-order valence-corrected chi connectivity index (χ4v) is 4.26. The predicted octanol–water partition coefficient (Wildman–Crippen LogP) is 4.13. The highest BCUT2D eigenvalue weighted by atomic mass is 35.5. The fraction of sp³-hybridized carbons (Fsp3) is 0.190. The average Bonchev–Trinajstić information content (AvgIpc) is 3.43. The third kappa shape index (κ3) is 2.87. The lowest BCUT2D eigenvalue weighted by atomic mass is 10.1. The van der Waals surface area contributed by atoms with Crippen LogP contribution in [-0.4, -0.2) is 39.2 Å². The summed E-state index contributed by atoms with van der Waals surface area (Å²) in [4.78, 5) is 8.01. The quantitative estimate of drug-likeness (QED) is 0.495. The van der Waals surface area contributed by atoms with Crippen LogP contribution < -0.4 is 19.3 Å². The van der Waals surface area contributed by atoms with Crippen LogP contribution in [0.2, 0.25) is 5.02 Å². The maximum Gasteiger partial charge on any atom is 0.190 e. The number of aryl methyl sites for hydroxylation is 1. The molecule has 1 N–H and O–H groups in total. The van der Waals surface area contributed by atoms with Crippen LogP contribution in [0.5, 0.6) is 11.5 Å². The van der Waals surface area contributed by atoms with E-state index in [0.29, 0.717) is 11.5 Å². The van der Waals surface area contributed by atoms with Crippen LogP contribution in [0.4, 0.5) is 21.5 Å². The summed E-state index contributed by atoms with van der Waals surface area (Å²) in [6.45, 7) is 4.55. The lowest BCUT2D eigenvalue weighted by Gasteiger charge is -2.41. The van der Waals surface area contributed by atoms with Gasteiger partial charge >= 0.3 is 0 Å². The molecule has 1 aliphatic rings. The summed E-state index contributed by atoms with van der Waals surface area (Å²) in [6.07, 6.45) is 6.97. The lowest BCUT2D eigenvalue weighted by molar-refractivity contribution is 0.374. The number of pyridine rings is 1. The number of hydrogen-bond donors (Lipinski definition) is 1. The molecule has 0 radical (unpaired) electrons. The molecule has 1 aliphatic heterocycles. The summed E-state index contributed by atoms with van der Waals surface area (Å²) < 4.78 is 27.8. The molecule has 5 rings (SSSR count). The van der Waals surface area contributed by atoms with Crippen LogP contribution in [0.15, 0.2) is 43.3 Å². The monoisotopic (exact) mass is 455 g/mol. The highest BCUT2D eigenvalue weighted by Gasteiger charge is 2.35. The topological polar surface area (TPSA) is 84.3 Å². The minimum absolute atomic E-state index is 0.0104. The molecule has 0 fully saturated rings. The number of H-pyrrole nitrogens is 1. The molecule has 0 bridgehead atoms. The van der Waals surface area contributed by atoms with Gasteiger partial charge in [0.1, 0.15) is 22.3 Å². The molecule has 4 heterocycles. The number of aromatic nitrogens is 5. The second-order valence-electron chi connectivity index (χ2n) is 7.23. The van der Waals surface area contributed by atoms with Crippen molar-refractivity contribution in [3.8, 4) is 11.5 Å². The van der Waals surface area contributed by atoms with Crippen LogP contribution >= 0.6 is 11.6 Å². The maximum atomic E-state index is 15.5. The van der Waals surface area contributed by atoms with Crippen molar-refractivity contribution in [2.75, 3.05) is 24.0 Å². The first kappa shape index (κ1) is 20.1. The van der Waals surface area contributed by atoms with E-state index in [-0.39, 0.29) is 28.8 Å². The van der Waals surface area contributed by atoms with Gasteiger partial charge in [-0.2, -0.15) is 10.2 Å². The van der Waals surface area contributed by atoms with Gasteiger partial charge in [-0.25, -0.2) is 9.37 Å². The number of hydrogen-bond acceptors (Lipinski definition) is 7. The largest absolute Gasteiger partial charge is 0.495 e. The van der Waals surface area contributed by atoms with Gasteiger partial charge in [-0.3, -0.25) is 14.7 Å². The third-order valence-electron chi connectivity index (χ3n) is 5.42. The fourth-order valence-electron chi connectivity index (χ4n) is 3.94. The molecule has 1 aromatic carbocycles. The molecule has 0 unspecified atom stereocenters. The van der Waals surface area contributed by atoms with Crippen molar-refractivity contribution in [3.05, 3.63) is 59.7 Å². The molecule has 4 aromatic rings. The highest BCUT2D eigenvalue weighted by molar-refractivity contribution is 6.35. The zero-order chi connectivity index (χ0) is 22.6. The molecule has 0 amide bonds. The molecule has 9 nitrogen and oxygen atoms in total. The Morgan fingerprint density at radius 3 is 2.62 bits per heavy atom. The first-order chi connectivity index (χ1) is 15.4. The molecule has 0 saturated heterocycles. The maximum absolute atomic E-state index is 15.5. The molecule has 164 valence electrons. The number of halogens is 2. The molecule has 32 heavy (non-hydrogen) atoms. The number of nitrogens with one attached hydrogen (secondary N) is 1. The number of nitrogens with zero attached hydrogens (tertiary/aromatic N) is 6. The molecule has 0 aliphatic carbocycles. The number of rotatable bonds is 4. The van der Waals surface area contributed by atoms with Crippen molar-refractivity contribution in [1.82, 2.24) is 25.0 Å². The Hall–Kier alpha value is -3.79. The van der Waals surface area contributed by atoms with E-state index in [9.17, 15) is 0 Å². The smallest absolute Gasteiger partial charge is 0.190 e. The standard InChI is InChI=1S/C21H19ClFN7O2/c1-11-29(20-17(22)15(31-3)5-16(32-4)18(20)23)9-12-6-24-21-14(8-25-27-21)19(12)30(11)13-7-26-28(2)10-13/h5-8,10H,1,9H2,2-4H3,(H,24,25,27). The SMILES string of the molecule is C=C1N(c2c(F)c(OC)cc(OC)c2Cl)Cc2cnc3[nH]ncc3c2N1c1cnn(C)c1. The second kappa shape index (κ2) is 7.41. The summed E-state index contributed by atoms with van der Waals surface area (Å²) in [5, 5.41) is 12.2. The number of methoxy groups -OCH3 is 2. The van der Waals surface area contributed by atoms with E-state index in [2.05, 4.69) is 26.9 Å². The van der Waals surface area contributed by atoms with Crippen LogP contribution in [0, 0.1) is 5.82 Å². The number of aromatic amines is 1. The predicted molar refractivity (Wildman–Crippen MR) is 119 cm³/mol. The normalized spacial score (nSPS) is 13.6. The van der Waals surface area contributed by atoms with E-state index in [0.717, 1.165) is 22.3 Å². The van der Waals surface area contributed by atoms with E-state index < -0.39 is 5.82 Å². The van der Waals surface area contributed by atoms with Crippen LogP contribution in [0.1, 0.15) is 5.56 Å². The van der Waals surface area contributed by atoms with Crippen molar-refractivity contribution in [1.29, 1.82) is 0 Å². The molecule has 11 heteroatoms. The highest BCUT2D eigenvalue weighted by Crippen LogP contribution is 2.48. The number of anilines is 3. The van der Waals surface area contributed by atoms with Crippen molar-refractivity contribution < 1.29 is 13.9 Å². The Labute approximate surface area is 187 Å². The Morgan fingerprint density at radius 1 is 1.16 bits per heavy atom. The minimum atomic E-state index is -0.619. The van der Waals surface area contributed by atoms with E-state index in [1.54, 1.807) is 28.2 Å². The summed E-state index contributed by atoms with van der Waals surface area (Å²) in [5.74, 6) is 0.146. The Balaban J connectivity index is 1.77. The number of benzene rings is 1. The third-order valence-corrected chi connectivity index (χ3v) is 5.78. The van der Waals surface area contributed by atoms with Gasteiger partial charge in [0, 0.05) is 31.1 Å². The minimum Gasteiger partial charge on any atom is -0.495 e. The van der Waals surface area contributed by atoms with Gasteiger partial charge < -0.3 is 14.4 Å². The van der Waals surface area contributed by atoms with Gasteiger partial charge in [0.15, 0.2) is 17.2 Å². The Morgan fingerprint density at radius 2 is 1.94 bits per heavy atom. The first-order valence-corrected chi connectivity index (χ1v) is 9.98. The van der Waals surface area contributed by atoms with E-state index in [4.69, 9.17) is 21.1 Å². The first-order valence-electron chi connectivity index (χ1n) is 9.60. The Bertz CT molecular complexity index is 1340. The number of fused-ring (bicyclic) bond motifs is 3. The van der Waals surface area contributed by atoms with Crippen molar-refractivity contribution in [2.24, 2.45) is 7.05 Å². The molecular formula is C21H19ClFN7O2. The Kier molecular flexibility index (Phi) is 4.66. The van der Waals surface area contributed by atoms with Gasteiger partial charge in [0.05, 0.1) is 49.9 Å². The van der Waals surface area contributed by atoms with Gasteiger partial charge in [-0.05, 0) is 0 Å². The summed E-state index contributed by atoms with van der Waals surface area (Å²) in [6, 6.07) is 1.41. The van der Waals surface area contributed by atoms with Crippen LogP contribution in [0.25, 0.3) is 11.0 Å². The van der Waals surface area contributed by atoms with E-state index in [1.165, 1.54) is 20.3 Å². The van der Waals surface area contributed by atoms with Crippen molar-refractivity contribution >= 4 is 39.7 Å². The molecule has 0 saturated carbocycles. The van der Waals surface area contributed by atoms with E-state index >= 15 is 4.39 Å². The van der Waals surface area contributed by atoms with Crippen LogP contribution in [-0.2, 0) is 13.6 Å². The van der Waals surface area contributed by atoms with Gasteiger partial charge in [-0.1, -0.05) is 18.2 Å². The average molecular weight is 456 g/mol. The van der Waals surface area contributed by atoms with Crippen molar-refractivity contribution in [3.63, 3.8) is 0 Å². The molecular weight excluding hydrogens is 437 g/mol. The van der Waals surface area contributed by atoms with Gasteiger partial charge in [0.25, 0.3) is 0 Å². The zero-order valence-corrected chi connectivity index (χ0v) is 18.3. The van der Waals surface area contributed by atoms with E-state index in [1.807, 2.05) is 18.1 Å². The van der Waals surface area contributed by atoms with Crippen LogP contribution in [0.3, 0.4) is 0 Å².